The van der Waals surface area contributed by atoms with Crippen molar-refractivity contribution < 1.29 is 9.53 Å². The van der Waals surface area contributed by atoms with Gasteiger partial charge in [-0.05, 0) is 0 Å². The fourth-order valence-electron chi connectivity index (χ4n) is 0.237. The van der Waals surface area contributed by atoms with Crippen LogP contribution in [0.3, 0.4) is 0 Å². The Kier molecular flexibility index (Phi) is 14.3. The number of hydrogen-bond donors (Lipinski definition) is 3. The first-order chi connectivity index (χ1) is 4.16. The van der Waals surface area contributed by atoms with Crippen LogP contribution in [0, 0.1) is 0 Å². The Morgan fingerprint density at radius 2 is 2.09 bits per heavy atom. The van der Waals surface area contributed by atoms with Gasteiger partial charge in [-0.15, -0.1) is 12.4 Å². The molecule has 0 spiro atoms. The Hall–Kier alpha value is -0.620. The summed E-state index contributed by atoms with van der Waals surface area (Å²) in [5.41, 5.74) is 10.1. The quantitative estimate of drug-likeness (QED) is 0.311. The first-order valence-electron chi connectivity index (χ1n) is 2.47. The molecule has 0 atom stereocenters. The highest BCUT2D eigenvalue weighted by atomic mass is 35.5. The molecule has 0 aliphatic rings. The lowest BCUT2D eigenvalue weighted by molar-refractivity contribution is -0.138. The SMILES string of the molecule is C=CC(=O)OCC(N)N.Cl.N. The molecule has 0 aromatic carbocycles. The molecule has 0 rings (SSSR count). The normalized spacial score (nSPS) is 7.55. The molecule has 68 valence electrons. The summed E-state index contributed by atoms with van der Waals surface area (Å²) in [5.74, 6) is -0.504. The summed E-state index contributed by atoms with van der Waals surface area (Å²) in [6.07, 6.45) is 0.455. The lowest BCUT2D eigenvalue weighted by Crippen LogP contribution is -2.36. The molecule has 0 aliphatic carbocycles. The average Bonchev–Trinajstić information content (AvgIpc) is 1.83. The van der Waals surface area contributed by atoms with Gasteiger partial charge in [0.2, 0.25) is 0 Å². The third kappa shape index (κ3) is 12.6. The van der Waals surface area contributed by atoms with E-state index in [-0.39, 0.29) is 25.2 Å². The lowest BCUT2D eigenvalue weighted by Gasteiger charge is -2.03. The summed E-state index contributed by atoms with van der Waals surface area (Å²) in [7, 11) is 0. The Labute approximate surface area is 71.8 Å². The molecule has 5 nitrogen and oxygen atoms in total. The van der Waals surface area contributed by atoms with E-state index in [1.54, 1.807) is 0 Å². The van der Waals surface area contributed by atoms with Crippen LogP contribution in [0.4, 0.5) is 0 Å². The predicted molar refractivity (Wildman–Crippen MR) is 45.6 cm³/mol. The van der Waals surface area contributed by atoms with Crippen molar-refractivity contribution in [3.8, 4) is 0 Å². The maximum atomic E-state index is 10.3. The van der Waals surface area contributed by atoms with Gasteiger partial charge in [-0.2, -0.15) is 0 Å². The number of esters is 1. The van der Waals surface area contributed by atoms with Crippen LogP contribution in [-0.2, 0) is 9.53 Å². The fraction of sp³-hybridized carbons (Fsp3) is 0.400. The van der Waals surface area contributed by atoms with Crippen molar-refractivity contribution >= 4 is 18.4 Å². The minimum atomic E-state index is -0.603. The van der Waals surface area contributed by atoms with Crippen LogP contribution in [0.1, 0.15) is 0 Å². The highest BCUT2D eigenvalue weighted by molar-refractivity contribution is 5.85. The summed E-state index contributed by atoms with van der Waals surface area (Å²) in [6.45, 7) is 3.21. The molecule has 0 bridgehead atoms. The molecule has 0 aromatic heterocycles. The van der Waals surface area contributed by atoms with Crippen LogP contribution in [0.5, 0.6) is 0 Å². The molecule has 0 radical (unpaired) electrons. The lowest BCUT2D eigenvalue weighted by atomic mass is 10.6. The van der Waals surface area contributed by atoms with E-state index in [1.807, 2.05) is 0 Å². The van der Waals surface area contributed by atoms with Crippen molar-refractivity contribution in [3.63, 3.8) is 0 Å². The Balaban J connectivity index is -0.000000320. The van der Waals surface area contributed by atoms with E-state index in [0.29, 0.717) is 0 Å². The standard InChI is InChI=1S/C5H10N2O2.ClH.H3N/c1-2-5(8)9-3-4(6)7;;/h2,4H,1,3,6-7H2;1H;1H3. The van der Waals surface area contributed by atoms with Crippen LogP contribution >= 0.6 is 12.4 Å². The van der Waals surface area contributed by atoms with Gasteiger partial charge in [-0.25, -0.2) is 4.79 Å². The van der Waals surface area contributed by atoms with Gasteiger partial charge in [0, 0.05) is 6.08 Å². The van der Waals surface area contributed by atoms with E-state index in [2.05, 4.69) is 11.3 Å². The van der Waals surface area contributed by atoms with Crippen molar-refractivity contribution in [1.29, 1.82) is 0 Å². The number of carbonyl (C=O) groups excluding carboxylic acids is 1. The van der Waals surface area contributed by atoms with Crippen molar-refractivity contribution in [2.75, 3.05) is 6.61 Å². The second-order valence-electron chi connectivity index (χ2n) is 1.50. The number of rotatable bonds is 3. The second kappa shape index (κ2) is 9.38. The summed E-state index contributed by atoms with van der Waals surface area (Å²) in [5, 5.41) is 0. The zero-order chi connectivity index (χ0) is 7.28. The van der Waals surface area contributed by atoms with Crippen LogP contribution in [0.25, 0.3) is 0 Å². The van der Waals surface area contributed by atoms with Gasteiger partial charge in [-0.3, -0.25) is 0 Å². The van der Waals surface area contributed by atoms with E-state index in [9.17, 15) is 4.79 Å². The fourth-order valence-corrected chi connectivity index (χ4v) is 0.237. The molecule has 0 fully saturated rings. The Morgan fingerprint density at radius 1 is 1.64 bits per heavy atom. The molecule has 7 N–H and O–H groups in total. The first kappa shape index (κ1) is 16.8. The van der Waals surface area contributed by atoms with E-state index in [0.717, 1.165) is 6.08 Å². The molecule has 6 heteroatoms. The topological polar surface area (TPSA) is 113 Å². The molecule has 11 heavy (non-hydrogen) atoms. The van der Waals surface area contributed by atoms with E-state index < -0.39 is 12.1 Å². The maximum absolute atomic E-state index is 10.3. The van der Waals surface area contributed by atoms with E-state index in [1.165, 1.54) is 0 Å². The molecular weight excluding hydrogens is 170 g/mol. The second-order valence-corrected chi connectivity index (χ2v) is 1.50. The van der Waals surface area contributed by atoms with Crippen LogP contribution < -0.4 is 17.6 Å². The number of hydrogen-bond acceptors (Lipinski definition) is 5. The molecule has 0 aromatic rings. The number of ether oxygens (including phenoxy) is 1. The van der Waals surface area contributed by atoms with Gasteiger partial charge in [-0.1, -0.05) is 6.58 Å². The zero-order valence-electron chi connectivity index (χ0n) is 6.16. The van der Waals surface area contributed by atoms with E-state index >= 15 is 0 Å². The number of halogens is 1. The summed E-state index contributed by atoms with van der Waals surface area (Å²) in [4.78, 5) is 10.3. The van der Waals surface area contributed by atoms with Crippen molar-refractivity contribution in [2.45, 2.75) is 6.17 Å². The average molecular weight is 184 g/mol. The molecule has 0 aliphatic heterocycles. The monoisotopic (exact) mass is 183 g/mol. The Bertz CT molecular complexity index is 118. The third-order valence-corrected chi connectivity index (χ3v) is 0.585. The molecule has 0 amide bonds. The largest absolute Gasteiger partial charge is 0.459 e. The minimum absolute atomic E-state index is 0. The smallest absolute Gasteiger partial charge is 0.330 e. The third-order valence-electron chi connectivity index (χ3n) is 0.585. The molecule has 0 unspecified atom stereocenters. The maximum Gasteiger partial charge on any atom is 0.330 e. The number of nitrogens with two attached hydrogens (primary N) is 2. The molecule has 0 heterocycles. The highest BCUT2D eigenvalue weighted by Crippen LogP contribution is 1.77. The Morgan fingerprint density at radius 3 is 2.36 bits per heavy atom. The minimum Gasteiger partial charge on any atom is -0.459 e. The van der Waals surface area contributed by atoms with Gasteiger partial charge < -0.3 is 22.4 Å². The highest BCUT2D eigenvalue weighted by Gasteiger charge is 1.97. The van der Waals surface area contributed by atoms with Crippen LogP contribution in [-0.4, -0.2) is 18.7 Å². The summed E-state index contributed by atoms with van der Waals surface area (Å²) < 4.78 is 4.45. The van der Waals surface area contributed by atoms with Gasteiger partial charge >= 0.3 is 5.97 Å². The summed E-state index contributed by atoms with van der Waals surface area (Å²) >= 11 is 0. The molecule has 0 saturated heterocycles. The van der Waals surface area contributed by atoms with Gasteiger partial charge in [0.1, 0.15) is 6.61 Å². The summed E-state index contributed by atoms with van der Waals surface area (Å²) in [6, 6.07) is 0. The van der Waals surface area contributed by atoms with E-state index in [4.69, 9.17) is 11.5 Å². The van der Waals surface area contributed by atoms with Gasteiger partial charge in [0.15, 0.2) is 0 Å². The first-order valence-corrected chi connectivity index (χ1v) is 2.47. The predicted octanol–water partition coefficient (Wildman–Crippen LogP) is -0.457. The van der Waals surface area contributed by atoms with Crippen LogP contribution in [0.2, 0.25) is 0 Å². The van der Waals surface area contributed by atoms with Gasteiger partial charge in [0.05, 0.1) is 6.17 Å². The number of carbonyl (C=O) groups is 1. The molecular formula is C5H14ClN3O2. The molecule has 0 saturated carbocycles. The van der Waals surface area contributed by atoms with Crippen LogP contribution in [0.15, 0.2) is 12.7 Å². The van der Waals surface area contributed by atoms with Gasteiger partial charge in [0.25, 0.3) is 0 Å². The van der Waals surface area contributed by atoms with Crippen molar-refractivity contribution in [3.05, 3.63) is 12.7 Å². The van der Waals surface area contributed by atoms with Crippen molar-refractivity contribution in [1.82, 2.24) is 6.15 Å². The van der Waals surface area contributed by atoms with Crippen molar-refractivity contribution in [2.24, 2.45) is 11.5 Å². The zero-order valence-corrected chi connectivity index (χ0v) is 6.97.